The van der Waals surface area contributed by atoms with Gasteiger partial charge in [-0.15, -0.1) is 0 Å². The number of para-hydroxylation sites is 1. The molecule has 1 aliphatic heterocycles. The molecular formula is C17H22N2O2. The van der Waals surface area contributed by atoms with E-state index in [2.05, 4.69) is 29.2 Å². The summed E-state index contributed by atoms with van der Waals surface area (Å²) in [5.74, 6) is 1.67. The normalized spacial score (nSPS) is 18.5. The highest BCUT2D eigenvalue weighted by Crippen LogP contribution is 2.24. The van der Waals surface area contributed by atoms with E-state index in [-0.39, 0.29) is 0 Å². The molecule has 0 unspecified atom stereocenters. The first-order valence-electron chi connectivity index (χ1n) is 7.54. The monoisotopic (exact) mass is 286 g/mol. The number of nitrogens with zero attached hydrogens (tertiary/aromatic N) is 2. The molecule has 0 radical (unpaired) electrons. The third kappa shape index (κ3) is 3.52. The molecule has 1 aliphatic rings. The van der Waals surface area contributed by atoms with Crippen LogP contribution in [0.3, 0.4) is 0 Å². The van der Waals surface area contributed by atoms with Gasteiger partial charge in [-0.1, -0.05) is 18.2 Å². The molecule has 0 saturated carbocycles. The molecule has 1 aromatic heterocycles. The first-order valence-corrected chi connectivity index (χ1v) is 7.54. The molecule has 1 saturated heterocycles. The van der Waals surface area contributed by atoms with E-state index in [1.54, 1.807) is 7.11 Å². The van der Waals surface area contributed by atoms with Crippen LogP contribution in [-0.2, 0) is 9.47 Å². The molecule has 1 aromatic carbocycles. The molecule has 1 atom stereocenters. The Balaban J connectivity index is 1.59. The highest BCUT2D eigenvalue weighted by Gasteiger charge is 2.23. The summed E-state index contributed by atoms with van der Waals surface area (Å²) < 4.78 is 10.6. The summed E-state index contributed by atoms with van der Waals surface area (Å²) in [5.41, 5.74) is 1.06. The number of aromatic nitrogens is 1. The summed E-state index contributed by atoms with van der Waals surface area (Å²) in [6, 6.07) is 12.5. The van der Waals surface area contributed by atoms with Crippen molar-refractivity contribution in [3.8, 4) is 0 Å². The Morgan fingerprint density at radius 1 is 1.19 bits per heavy atom. The molecular weight excluding hydrogens is 264 g/mol. The standard InChI is InChI=1S/C17H22N2O2/c1-20-10-11-21-13-14-8-9-19(12-14)17-7-6-15-4-2-3-5-16(15)18-17/h2-7,14H,8-13H2,1H3/t14-/m0/s1. The number of methoxy groups -OCH3 is 1. The SMILES string of the molecule is COCCOC[C@H]1CCN(c2ccc3ccccc3n2)C1. The number of hydrogen-bond donors (Lipinski definition) is 0. The molecule has 3 rings (SSSR count). The fraction of sp³-hybridized carbons (Fsp3) is 0.471. The lowest BCUT2D eigenvalue weighted by Gasteiger charge is -2.18. The molecule has 2 heterocycles. The maximum Gasteiger partial charge on any atom is 0.129 e. The summed E-state index contributed by atoms with van der Waals surface area (Å²) in [6.45, 7) is 4.25. The quantitative estimate of drug-likeness (QED) is 0.765. The first-order chi connectivity index (χ1) is 10.4. The molecule has 0 N–H and O–H groups in total. The molecule has 2 aromatic rings. The Hall–Kier alpha value is -1.65. The van der Waals surface area contributed by atoms with Gasteiger partial charge in [0.2, 0.25) is 0 Å². The lowest BCUT2D eigenvalue weighted by molar-refractivity contribution is 0.0549. The molecule has 112 valence electrons. The van der Waals surface area contributed by atoms with Crippen LogP contribution in [0.25, 0.3) is 10.9 Å². The number of rotatable bonds is 6. The van der Waals surface area contributed by atoms with Gasteiger partial charge in [0, 0.05) is 31.5 Å². The van der Waals surface area contributed by atoms with Crippen LogP contribution < -0.4 is 4.90 Å². The summed E-state index contributed by atoms with van der Waals surface area (Å²) in [6.07, 6.45) is 1.17. The van der Waals surface area contributed by atoms with Crippen LogP contribution in [0, 0.1) is 5.92 Å². The molecule has 4 heteroatoms. The Bertz CT molecular complexity index is 588. The van der Waals surface area contributed by atoms with Crippen LogP contribution in [0.15, 0.2) is 36.4 Å². The predicted molar refractivity (Wildman–Crippen MR) is 84.8 cm³/mol. The first kappa shape index (κ1) is 14.3. The van der Waals surface area contributed by atoms with E-state index >= 15 is 0 Å². The number of ether oxygens (including phenoxy) is 2. The van der Waals surface area contributed by atoms with Gasteiger partial charge < -0.3 is 14.4 Å². The van der Waals surface area contributed by atoms with Crippen molar-refractivity contribution in [2.24, 2.45) is 5.92 Å². The fourth-order valence-corrected chi connectivity index (χ4v) is 2.80. The van der Waals surface area contributed by atoms with E-state index < -0.39 is 0 Å². The van der Waals surface area contributed by atoms with Crippen molar-refractivity contribution in [1.82, 2.24) is 4.98 Å². The largest absolute Gasteiger partial charge is 0.382 e. The van der Waals surface area contributed by atoms with E-state index in [1.807, 2.05) is 12.1 Å². The molecule has 4 nitrogen and oxygen atoms in total. The topological polar surface area (TPSA) is 34.6 Å². The van der Waals surface area contributed by atoms with E-state index in [0.29, 0.717) is 19.1 Å². The van der Waals surface area contributed by atoms with Crippen molar-refractivity contribution in [2.45, 2.75) is 6.42 Å². The number of fused-ring (bicyclic) bond motifs is 1. The second-order valence-electron chi connectivity index (χ2n) is 5.53. The Labute approximate surface area is 125 Å². The van der Waals surface area contributed by atoms with E-state index in [0.717, 1.165) is 31.0 Å². The van der Waals surface area contributed by atoms with Gasteiger partial charge in [0.25, 0.3) is 0 Å². The van der Waals surface area contributed by atoms with Crippen LogP contribution in [0.2, 0.25) is 0 Å². The van der Waals surface area contributed by atoms with Gasteiger partial charge in [-0.25, -0.2) is 4.98 Å². The minimum absolute atomic E-state index is 0.593. The zero-order valence-electron chi connectivity index (χ0n) is 12.5. The van der Waals surface area contributed by atoms with Crippen LogP contribution in [0.1, 0.15) is 6.42 Å². The predicted octanol–water partition coefficient (Wildman–Crippen LogP) is 2.72. The molecule has 0 amide bonds. The molecule has 1 fully saturated rings. The van der Waals surface area contributed by atoms with E-state index in [4.69, 9.17) is 14.5 Å². The summed E-state index contributed by atoms with van der Waals surface area (Å²) in [4.78, 5) is 7.12. The molecule has 21 heavy (non-hydrogen) atoms. The fourth-order valence-electron chi connectivity index (χ4n) is 2.80. The van der Waals surface area contributed by atoms with Crippen LogP contribution in [0.5, 0.6) is 0 Å². The maximum absolute atomic E-state index is 5.64. The lowest BCUT2D eigenvalue weighted by Crippen LogP contribution is -2.22. The smallest absolute Gasteiger partial charge is 0.129 e. The van der Waals surface area contributed by atoms with Crippen molar-refractivity contribution in [3.05, 3.63) is 36.4 Å². The summed E-state index contributed by atoms with van der Waals surface area (Å²) >= 11 is 0. The number of benzene rings is 1. The third-order valence-electron chi connectivity index (χ3n) is 3.98. The summed E-state index contributed by atoms with van der Waals surface area (Å²) in [7, 11) is 1.70. The Kier molecular flexibility index (Phi) is 4.68. The molecule has 0 bridgehead atoms. The lowest BCUT2D eigenvalue weighted by atomic mass is 10.1. The second-order valence-corrected chi connectivity index (χ2v) is 5.53. The molecule has 0 aliphatic carbocycles. The summed E-state index contributed by atoms with van der Waals surface area (Å²) in [5, 5.41) is 1.19. The Morgan fingerprint density at radius 2 is 2.10 bits per heavy atom. The highest BCUT2D eigenvalue weighted by molar-refractivity contribution is 5.80. The highest BCUT2D eigenvalue weighted by atomic mass is 16.5. The van der Waals surface area contributed by atoms with Gasteiger partial charge in [-0.3, -0.25) is 0 Å². The zero-order chi connectivity index (χ0) is 14.5. The van der Waals surface area contributed by atoms with Crippen molar-refractivity contribution in [2.75, 3.05) is 44.9 Å². The van der Waals surface area contributed by atoms with Gasteiger partial charge in [-0.2, -0.15) is 0 Å². The Morgan fingerprint density at radius 3 is 3.00 bits per heavy atom. The number of anilines is 1. The van der Waals surface area contributed by atoms with Gasteiger partial charge >= 0.3 is 0 Å². The van der Waals surface area contributed by atoms with Gasteiger partial charge in [0.05, 0.1) is 25.3 Å². The number of hydrogen-bond acceptors (Lipinski definition) is 4. The molecule has 0 spiro atoms. The average molecular weight is 286 g/mol. The van der Waals surface area contributed by atoms with E-state index in [9.17, 15) is 0 Å². The van der Waals surface area contributed by atoms with Gasteiger partial charge in [-0.05, 0) is 24.6 Å². The van der Waals surface area contributed by atoms with Crippen molar-refractivity contribution >= 4 is 16.7 Å². The second kappa shape index (κ2) is 6.87. The van der Waals surface area contributed by atoms with Crippen LogP contribution >= 0.6 is 0 Å². The van der Waals surface area contributed by atoms with Gasteiger partial charge in [0.1, 0.15) is 5.82 Å². The third-order valence-corrected chi connectivity index (χ3v) is 3.98. The van der Waals surface area contributed by atoms with Crippen LogP contribution in [-0.4, -0.2) is 45.0 Å². The zero-order valence-corrected chi connectivity index (χ0v) is 12.5. The van der Waals surface area contributed by atoms with Crippen molar-refractivity contribution < 1.29 is 9.47 Å². The minimum atomic E-state index is 0.593. The number of pyridine rings is 1. The average Bonchev–Trinajstić information content (AvgIpc) is 3.00. The van der Waals surface area contributed by atoms with Gasteiger partial charge in [0.15, 0.2) is 0 Å². The maximum atomic E-state index is 5.64. The van der Waals surface area contributed by atoms with Crippen molar-refractivity contribution in [3.63, 3.8) is 0 Å². The minimum Gasteiger partial charge on any atom is -0.382 e. The van der Waals surface area contributed by atoms with Crippen molar-refractivity contribution in [1.29, 1.82) is 0 Å². The van der Waals surface area contributed by atoms with E-state index in [1.165, 1.54) is 11.8 Å². The van der Waals surface area contributed by atoms with Crippen LogP contribution in [0.4, 0.5) is 5.82 Å².